The van der Waals surface area contributed by atoms with Crippen LogP contribution in [0.2, 0.25) is 5.04 Å². The van der Waals surface area contributed by atoms with Crippen LogP contribution in [0.5, 0.6) is 0 Å². The molecule has 2 atom stereocenters. The minimum Gasteiger partial charge on any atom is -0.407 e. The Bertz CT molecular complexity index is 609. The van der Waals surface area contributed by atoms with Gasteiger partial charge in [0.15, 0.2) is 0 Å². The maximum atomic E-state index is 9.36. The van der Waals surface area contributed by atoms with Crippen molar-refractivity contribution in [3.8, 4) is 0 Å². The van der Waals surface area contributed by atoms with E-state index in [1.165, 1.54) is 10.4 Å². The molecular formula is C21H28O2Si. The number of rotatable bonds is 6. The summed E-state index contributed by atoms with van der Waals surface area (Å²) in [5.41, 5.74) is 0. The number of benzene rings is 2. The summed E-state index contributed by atoms with van der Waals surface area (Å²) < 4.78 is 6.85. The van der Waals surface area contributed by atoms with Crippen LogP contribution in [-0.4, -0.2) is 26.6 Å². The van der Waals surface area contributed by atoms with Gasteiger partial charge in [0.2, 0.25) is 0 Å². The molecule has 1 aliphatic rings. The third-order valence-electron chi connectivity index (χ3n) is 5.23. The molecule has 0 aromatic heterocycles. The van der Waals surface area contributed by atoms with Crippen LogP contribution in [0.3, 0.4) is 0 Å². The van der Waals surface area contributed by atoms with Gasteiger partial charge in [-0.25, -0.2) is 0 Å². The molecular weight excluding hydrogens is 312 g/mol. The smallest absolute Gasteiger partial charge is 0.261 e. The van der Waals surface area contributed by atoms with Crippen molar-refractivity contribution < 1.29 is 9.53 Å². The molecule has 0 amide bonds. The molecule has 3 heteroatoms. The highest BCUT2D eigenvalue weighted by Crippen LogP contribution is 2.42. The van der Waals surface area contributed by atoms with E-state index in [-0.39, 0.29) is 11.6 Å². The van der Waals surface area contributed by atoms with Crippen molar-refractivity contribution in [2.45, 2.75) is 32.2 Å². The number of hydrogen-bond acceptors (Lipinski definition) is 2. The second kappa shape index (κ2) is 6.83. The molecule has 0 aliphatic heterocycles. The maximum Gasteiger partial charge on any atom is 0.261 e. The number of hydrogen-bond donors (Lipinski definition) is 1. The zero-order valence-electron chi connectivity index (χ0n) is 14.9. The highest BCUT2D eigenvalue weighted by Gasteiger charge is 2.51. The summed E-state index contributed by atoms with van der Waals surface area (Å²) in [7, 11) is -2.40. The molecule has 0 saturated heterocycles. The predicted octanol–water partition coefficient (Wildman–Crippen LogP) is 3.19. The predicted molar refractivity (Wildman–Crippen MR) is 102 cm³/mol. The number of aliphatic hydroxyl groups is 1. The van der Waals surface area contributed by atoms with Crippen LogP contribution in [0.15, 0.2) is 60.7 Å². The Hall–Kier alpha value is -1.42. The summed E-state index contributed by atoms with van der Waals surface area (Å²) in [6.07, 6.45) is 1.09. The summed E-state index contributed by atoms with van der Waals surface area (Å²) in [6, 6.07) is 21.5. The van der Waals surface area contributed by atoms with E-state index in [1.54, 1.807) is 0 Å². The van der Waals surface area contributed by atoms with Gasteiger partial charge in [-0.15, -0.1) is 0 Å². The first-order chi connectivity index (χ1) is 11.5. The van der Waals surface area contributed by atoms with Gasteiger partial charge in [-0.05, 0) is 33.7 Å². The highest BCUT2D eigenvalue weighted by atomic mass is 28.4. The third-order valence-corrected chi connectivity index (χ3v) is 10.2. The molecule has 24 heavy (non-hydrogen) atoms. The van der Waals surface area contributed by atoms with E-state index in [0.29, 0.717) is 11.8 Å². The molecule has 2 aromatic carbocycles. The van der Waals surface area contributed by atoms with Crippen LogP contribution in [0.1, 0.15) is 27.2 Å². The molecule has 2 nitrogen and oxygen atoms in total. The van der Waals surface area contributed by atoms with Gasteiger partial charge in [0.25, 0.3) is 8.32 Å². The maximum absolute atomic E-state index is 9.36. The lowest BCUT2D eigenvalue weighted by atomic mass is 10.2. The molecule has 128 valence electrons. The Morgan fingerprint density at radius 1 is 0.917 bits per heavy atom. The molecule has 0 heterocycles. The fraction of sp³-hybridized carbons (Fsp3) is 0.429. The molecule has 3 rings (SSSR count). The van der Waals surface area contributed by atoms with Crippen molar-refractivity contribution >= 4 is 18.7 Å². The van der Waals surface area contributed by atoms with E-state index in [9.17, 15) is 5.11 Å². The lowest BCUT2D eigenvalue weighted by Gasteiger charge is -2.43. The van der Waals surface area contributed by atoms with Crippen molar-refractivity contribution in [2.24, 2.45) is 11.8 Å². The Labute approximate surface area is 146 Å². The van der Waals surface area contributed by atoms with Gasteiger partial charge in [0.1, 0.15) is 0 Å². The van der Waals surface area contributed by atoms with E-state index < -0.39 is 8.32 Å². The van der Waals surface area contributed by atoms with Gasteiger partial charge in [-0.2, -0.15) is 0 Å². The van der Waals surface area contributed by atoms with Gasteiger partial charge in [0.05, 0.1) is 0 Å². The van der Waals surface area contributed by atoms with E-state index >= 15 is 0 Å². The fourth-order valence-electron chi connectivity index (χ4n) is 3.73. The Morgan fingerprint density at radius 2 is 1.42 bits per heavy atom. The van der Waals surface area contributed by atoms with Crippen LogP contribution in [0, 0.1) is 11.8 Å². The Kier molecular flexibility index (Phi) is 4.95. The number of aliphatic hydroxyl groups excluding tert-OH is 1. The summed E-state index contributed by atoms with van der Waals surface area (Å²) in [5.74, 6) is 0.944. The van der Waals surface area contributed by atoms with Gasteiger partial charge in [0, 0.05) is 13.2 Å². The average molecular weight is 341 g/mol. The largest absolute Gasteiger partial charge is 0.407 e. The lowest BCUT2D eigenvalue weighted by molar-refractivity contribution is 0.236. The van der Waals surface area contributed by atoms with Crippen molar-refractivity contribution in [1.29, 1.82) is 0 Å². The molecule has 1 saturated carbocycles. The topological polar surface area (TPSA) is 29.5 Å². The third kappa shape index (κ3) is 3.21. The van der Waals surface area contributed by atoms with Crippen LogP contribution >= 0.6 is 0 Å². The first kappa shape index (κ1) is 17.4. The van der Waals surface area contributed by atoms with Crippen LogP contribution in [-0.2, 0) is 4.43 Å². The first-order valence-electron chi connectivity index (χ1n) is 8.85. The summed E-state index contributed by atoms with van der Waals surface area (Å²) in [6.45, 7) is 7.94. The summed E-state index contributed by atoms with van der Waals surface area (Å²) in [5, 5.41) is 12.0. The first-order valence-corrected chi connectivity index (χ1v) is 10.8. The minimum atomic E-state index is -2.40. The van der Waals surface area contributed by atoms with Crippen molar-refractivity contribution in [3.05, 3.63) is 60.7 Å². The average Bonchev–Trinajstić information content (AvgIpc) is 3.35. The molecule has 1 aliphatic carbocycles. The normalized spacial score (nSPS) is 20.8. The molecule has 0 radical (unpaired) electrons. The van der Waals surface area contributed by atoms with Crippen LogP contribution in [0.25, 0.3) is 0 Å². The van der Waals surface area contributed by atoms with Crippen molar-refractivity contribution in [2.75, 3.05) is 13.2 Å². The fourth-order valence-corrected chi connectivity index (χ4v) is 8.35. The van der Waals surface area contributed by atoms with Gasteiger partial charge < -0.3 is 9.53 Å². The molecule has 1 N–H and O–H groups in total. The van der Waals surface area contributed by atoms with Crippen molar-refractivity contribution in [3.63, 3.8) is 0 Å². The second-order valence-corrected chi connectivity index (χ2v) is 12.2. The quantitative estimate of drug-likeness (QED) is 0.819. The standard InChI is InChI=1S/C21H28O2Si/c1-21(2,3)24(19-10-6-4-7-11-19,20-12-8-5-9-13-20)23-16-18-14-17(18)15-22/h4-13,17-18,22H,14-16H2,1-3H3. The molecule has 0 bridgehead atoms. The molecule has 2 aromatic rings. The zero-order chi connectivity index (χ0) is 17.2. The SMILES string of the molecule is CC(C)(C)[Si](OCC1CC1CO)(c1ccccc1)c1ccccc1. The van der Waals surface area contributed by atoms with Gasteiger partial charge >= 0.3 is 0 Å². The highest BCUT2D eigenvalue weighted by molar-refractivity contribution is 6.99. The Balaban J connectivity index is 2.04. The van der Waals surface area contributed by atoms with E-state index in [0.717, 1.165) is 13.0 Å². The Morgan fingerprint density at radius 3 is 1.79 bits per heavy atom. The second-order valence-electron chi connectivity index (χ2n) is 7.91. The van der Waals surface area contributed by atoms with Gasteiger partial charge in [-0.1, -0.05) is 81.4 Å². The van der Waals surface area contributed by atoms with Crippen LogP contribution in [0.4, 0.5) is 0 Å². The van der Waals surface area contributed by atoms with Crippen molar-refractivity contribution in [1.82, 2.24) is 0 Å². The van der Waals surface area contributed by atoms with E-state index in [1.807, 2.05) is 0 Å². The monoisotopic (exact) mass is 340 g/mol. The minimum absolute atomic E-state index is 0.0271. The van der Waals surface area contributed by atoms with Crippen LogP contribution < -0.4 is 10.4 Å². The zero-order valence-corrected chi connectivity index (χ0v) is 15.9. The van der Waals surface area contributed by atoms with Gasteiger partial charge in [-0.3, -0.25) is 0 Å². The molecule has 0 spiro atoms. The molecule has 2 unspecified atom stereocenters. The lowest BCUT2D eigenvalue weighted by Crippen LogP contribution is -2.66. The summed E-state index contributed by atoms with van der Waals surface area (Å²) >= 11 is 0. The van der Waals surface area contributed by atoms with E-state index in [4.69, 9.17) is 4.43 Å². The molecule has 1 fully saturated rings. The summed E-state index contributed by atoms with van der Waals surface area (Å²) in [4.78, 5) is 0. The van der Waals surface area contributed by atoms with E-state index in [2.05, 4.69) is 81.4 Å².